The summed E-state index contributed by atoms with van der Waals surface area (Å²) in [5, 5.41) is 10.3. The molecule has 1 aliphatic rings. The Labute approximate surface area is 164 Å². The molecule has 0 unspecified atom stereocenters. The molecule has 9 heteroatoms. The highest BCUT2D eigenvalue weighted by Gasteiger charge is 2.34. The molecule has 142 valence electrons. The summed E-state index contributed by atoms with van der Waals surface area (Å²) in [7, 11) is 2.55. The number of ether oxygens (including phenoxy) is 4. The second kappa shape index (κ2) is 6.83. The zero-order valence-corrected chi connectivity index (χ0v) is 16.2. The van der Waals surface area contributed by atoms with Gasteiger partial charge < -0.3 is 24.1 Å². The second-order valence-electron chi connectivity index (χ2n) is 5.70. The minimum absolute atomic E-state index is 0.0144. The van der Waals surface area contributed by atoms with Crippen molar-refractivity contribution in [2.45, 2.75) is 13.8 Å². The Morgan fingerprint density at radius 1 is 1.07 bits per heavy atom. The third kappa shape index (κ3) is 2.83. The Balaban J connectivity index is 2.33. The molecule has 2 aromatic rings. The first kappa shape index (κ1) is 19.1. The number of esters is 2. The Hall–Kier alpha value is -2.64. The number of aromatic hydroxyl groups is 1. The maximum Gasteiger partial charge on any atom is 0.347 e. The van der Waals surface area contributed by atoms with Crippen molar-refractivity contribution >= 4 is 35.1 Å². The standard InChI is InChI=1S/C18H14Cl2O7/c1-6-11-15(13(20)16(24-3)12(6)19)27-14-7(2)10(17(22)25-4)8(21)5-9(14)26-18(11)23/h5,21H,1-4H3. The summed E-state index contributed by atoms with van der Waals surface area (Å²) in [5.74, 6) is -1.91. The lowest BCUT2D eigenvalue weighted by Crippen LogP contribution is -2.10. The van der Waals surface area contributed by atoms with Crippen molar-refractivity contribution in [2.75, 3.05) is 14.2 Å². The summed E-state index contributed by atoms with van der Waals surface area (Å²) in [6.45, 7) is 3.10. The molecule has 0 bridgehead atoms. The van der Waals surface area contributed by atoms with E-state index in [4.69, 9.17) is 37.4 Å². The SMILES string of the molecule is COC(=O)c1c(O)cc2c(c1C)Oc1c(Cl)c(OC)c(Cl)c(C)c1C(=O)O2. The van der Waals surface area contributed by atoms with Gasteiger partial charge in [0.2, 0.25) is 0 Å². The van der Waals surface area contributed by atoms with Crippen LogP contribution in [-0.2, 0) is 4.74 Å². The fourth-order valence-corrected chi connectivity index (χ4v) is 3.47. The minimum atomic E-state index is -0.780. The molecule has 2 aromatic carbocycles. The molecule has 0 amide bonds. The van der Waals surface area contributed by atoms with Crippen LogP contribution in [0.2, 0.25) is 10.0 Å². The van der Waals surface area contributed by atoms with Crippen molar-refractivity contribution in [2.24, 2.45) is 0 Å². The topological polar surface area (TPSA) is 91.3 Å². The van der Waals surface area contributed by atoms with E-state index in [2.05, 4.69) is 4.74 Å². The van der Waals surface area contributed by atoms with Crippen LogP contribution in [0.3, 0.4) is 0 Å². The molecule has 7 nitrogen and oxygen atoms in total. The van der Waals surface area contributed by atoms with Gasteiger partial charge in [-0.25, -0.2) is 9.59 Å². The number of hydrogen-bond donors (Lipinski definition) is 1. The number of fused-ring (bicyclic) bond motifs is 2. The van der Waals surface area contributed by atoms with E-state index in [0.717, 1.165) is 6.07 Å². The van der Waals surface area contributed by atoms with Crippen molar-refractivity contribution in [1.82, 2.24) is 0 Å². The molecule has 0 atom stereocenters. The Morgan fingerprint density at radius 2 is 1.74 bits per heavy atom. The third-order valence-electron chi connectivity index (χ3n) is 4.20. The number of halogens is 2. The number of benzene rings is 2. The average Bonchev–Trinajstić information content (AvgIpc) is 2.76. The van der Waals surface area contributed by atoms with Gasteiger partial charge in [0, 0.05) is 11.6 Å². The summed E-state index contributed by atoms with van der Waals surface area (Å²) < 4.78 is 21.1. The Morgan fingerprint density at radius 3 is 2.33 bits per heavy atom. The van der Waals surface area contributed by atoms with Crippen LogP contribution in [0.1, 0.15) is 31.8 Å². The quantitative estimate of drug-likeness (QED) is 0.575. The first-order valence-electron chi connectivity index (χ1n) is 7.63. The molecule has 27 heavy (non-hydrogen) atoms. The number of phenolic OH excluding ortho intramolecular Hbond substituents is 1. The molecule has 1 aliphatic heterocycles. The molecule has 0 spiro atoms. The van der Waals surface area contributed by atoms with Crippen LogP contribution in [0.15, 0.2) is 6.07 Å². The van der Waals surface area contributed by atoms with Gasteiger partial charge in [-0.05, 0) is 19.4 Å². The molecule has 0 fully saturated rings. The van der Waals surface area contributed by atoms with Gasteiger partial charge in [-0.3, -0.25) is 0 Å². The van der Waals surface area contributed by atoms with Crippen LogP contribution in [0, 0.1) is 13.8 Å². The van der Waals surface area contributed by atoms with E-state index < -0.39 is 17.7 Å². The molecule has 0 saturated heterocycles. The number of phenols is 1. The van der Waals surface area contributed by atoms with Crippen molar-refractivity contribution in [3.63, 3.8) is 0 Å². The maximum absolute atomic E-state index is 12.7. The number of carbonyl (C=O) groups excluding carboxylic acids is 2. The van der Waals surface area contributed by atoms with Crippen LogP contribution in [-0.4, -0.2) is 31.3 Å². The van der Waals surface area contributed by atoms with Gasteiger partial charge >= 0.3 is 11.9 Å². The summed E-state index contributed by atoms with van der Waals surface area (Å²) in [6.07, 6.45) is 0. The second-order valence-corrected chi connectivity index (χ2v) is 6.45. The molecule has 1 heterocycles. The lowest BCUT2D eigenvalue weighted by atomic mass is 10.1. The van der Waals surface area contributed by atoms with E-state index in [9.17, 15) is 14.7 Å². The molecular weight excluding hydrogens is 399 g/mol. The summed E-state index contributed by atoms with van der Waals surface area (Å²) >= 11 is 12.6. The average molecular weight is 413 g/mol. The molecule has 0 radical (unpaired) electrons. The third-order valence-corrected chi connectivity index (χ3v) is 5.00. The molecule has 0 saturated carbocycles. The fraction of sp³-hybridized carbons (Fsp3) is 0.222. The maximum atomic E-state index is 12.7. The van der Waals surface area contributed by atoms with Crippen LogP contribution >= 0.6 is 23.2 Å². The van der Waals surface area contributed by atoms with Crippen molar-refractivity contribution < 1.29 is 33.6 Å². The molecule has 0 aromatic heterocycles. The van der Waals surface area contributed by atoms with Gasteiger partial charge in [0.25, 0.3) is 0 Å². The summed E-state index contributed by atoms with van der Waals surface area (Å²) in [6, 6.07) is 1.10. The van der Waals surface area contributed by atoms with Crippen LogP contribution in [0.5, 0.6) is 28.7 Å². The van der Waals surface area contributed by atoms with E-state index in [-0.39, 0.29) is 49.7 Å². The lowest BCUT2D eigenvalue weighted by molar-refractivity contribution is 0.0596. The van der Waals surface area contributed by atoms with Crippen molar-refractivity contribution in [3.8, 4) is 28.7 Å². The van der Waals surface area contributed by atoms with Gasteiger partial charge in [-0.15, -0.1) is 0 Å². The smallest absolute Gasteiger partial charge is 0.347 e. The molecule has 3 rings (SSSR count). The van der Waals surface area contributed by atoms with E-state index >= 15 is 0 Å². The monoisotopic (exact) mass is 412 g/mol. The highest BCUT2D eigenvalue weighted by Crippen LogP contribution is 2.51. The zero-order chi connectivity index (χ0) is 20.0. The number of methoxy groups -OCH3 is 2. The van der Waals surface area contributed by atoms with Crippen LogP contribution in [0.4, 0.5) is 0 Å². The predicted molar refractivity (Wildman–Crippen MR) is 97.0 cm³/mol. The van der Waals surface area contributed by atoms with Gasteiger partial charge in [-0.2, -0.15) is 0 Å². The van der Waals surface area contributed by atoms with Crippen molar-refractivity contribution in [1.29, 1.82) is 0 Å². The van der Waals surface area contributed by atoms with E-state index in [1.54, 1.807) is 6.92 Å². The Bertz CT molecular complexity index is 998. The van der Waals surface area contributed by atoms with Crippen molar-refractivity contribution in [3.05, 3.63) is 38.4 Å². The van der Waals surface area contributed by atoms with Crippen LogP contribution in [0.25, 0.3) is 0 Å². The van der Waals surface area contributed by atoms with Crippen LogP contribution < -0.4 is 14.2 Å². The number of hydrogen-bond acceptors (Lipinski definition) is 7. The first-order valence-corrected chi connectivity index (χ1v) is 8.38. The first-order chi connectivity index (χ1) is 12.7. The fourth-order valence-electron chi connectivity index (χ4n) is 2.85. The summed E-state index contributed by atoms with van der Waals surface area (Å²) in [4.78, 5) is 24.7. The molecular formula is C18H14Cl2O7. The molecule has 0 aliphatic carbocycles. The summed E-state index contributed by atoms with van der Waals surface area (Å²) in [5.41, 5.74) is 0.450. The van der Waals surface area contributed by atoms with E-state index in [0.29, 0.717) is 5.56 Å². The van der Waals surface area contributed by atoms with Gasteiger partial charge in [0.1, 0.15) is 21.9 Å². The highest BCUT2D eigenvalue weighted by molar-refractivity contribution is 6.39. The minimum Gasteiger partial charge on any atom is -0.507 e. The lowest BCUT2D eigenvalue weighted by Gasteiger charge is -2.17. The van der Waals surface area contributed by atoms with E-state index in [1.165, 1.54) is 21.1 Å². The van der Waals surface area contributed by atoms with E-state index in [1.807, 2.05) is 0 Å². The predicted octanol–water partition coefficient (Wildman–Crippen LogP) is 4.44. The van der Waals surface area contributed by atoms with Gasteiger partial charge in [0.05, 0.1) is 19.2 Å². The Kier molecular flexibility index (Phi) is 4.84. The molecule has 1 N–H and O–H groups in total. The number of carbonyl (C=O) groups is 2. The number of rotatable bonds is 2. The highest BCUT2D eigenvalue weighted by atomic mass is 35.5. The van der Waals surface area contributed by atoms with Gasteiger partial charge in [-0.1, -0.05) is 23.2 Å². The normalized spacial score (nSPS) is 12.3. The van der Waals surface area contributed by atoms with Gasteiger partial charge in [0.15, 0.2) is 23.0 Å². The zero-order valence-electron chi connectivity index (χ0n) is 14.7. The largest absolute Gasteiger partial charge is 0.507 e.